The molecule has 0 aliphatic carbocycles. The molecule has 112 valence electrons. The number of hydrogen-bond donors (Lipinski definition) is 3. The second kappa shape index (κ2) is 8.71. The minimum Gasteiger partial charge on any atom is -0.396 e. The summed E-state index contributed by atoms with van der Waals surface area (Å²) in [6.07, 6.45) is 1.58. The second-order valence-electron chi connectivity index (χ2n) is 4.68. The van der Waals surface area contributed by atoms with Gasteiger partial charge in [-0.1, -0.05) is 13.3 Å². The molecule has 1 atom stereocenters. The Morgan fingerprint density at radius 3 is 2.65 bits per heavy atom. The first-order valence-corrected chi connectivity index (χ1v) is 7.60. The van der Waals surface area contributed by atoms with Gasteiger partial charge in [-0.25, -0.2) is 0 Å². The number of nitrogens with one attached hydrogen (secondary N) is 2. The molecule has 0 fully saturated rings. The molecule has 0 aromatic carbocycles. The van der Waals surface area contributed by atoms with Crippen LogP contribution >= 0.6 is 11.3 Å². The third-order valence-corrected chi connectivity index (χ3v) is 4.08. The van der Waals surface area contributed by atoms with Gasteiger partial charge >= 0.3 is 0 Å². The molecule has 0 spiro atoms. The maximum absolute atomic E-state index is 11.7. The zero-order valence-corrected chi connectivity index (χ0v) is 12.8. The SMILES string of the molecule is CCC(CCO)CNC(=O)CNC(=O)c1ccc(C)s1. The fourth-order valence-corrected chi connectivity index (χ4v) is 2.54. The van der Waals surface area contributed by atoms with Crippen LogP contribution in [0, 0.1) is 12.8 Å². The quantitative estimate of drug-likeness (QED) is 0.677. The zero-order chi connectivity index (χ0) is 15.0. The van der Waals surface area contributed by atoms with Gasteiger partial charge < -0.3 is 15.7 Å². The van der Waals surface area contributed by atoms with Gasteiger partial charge in [0.2, 0.25) is 5.91 Å². The Hall–Kier alpha value is -1.40. The van der Waals surface area contributed by atoms with E-state index in [1.807, 2.05) is 19.9 Å². The number of hydrogen-bond acceptors (Lipinski definition) is 4. The van der Waals surface area contributed by atoms with Crippen molar-refractivity contribution in [1.82, 2.24) is 10.6 Å². The summed E-state index contributed by atoms with van der Waals surface area (Å²) >= 11 is 1.40. The molecule has 0 aliphatic heterocycles. The van der Waals surface area contributed by atoms with Crippen LogP contribution in [0.4, 0.5) is 0 Å². The summed E-state index contributed by atoms with van der Waals surface area (Å²) in [5.74, 6) is -0.150. The molecule has 5 nitrogen and oxygen atoms in total. The molecule has 0 saturated carbocycles. The molecular formula is C14H22N2O3S. The number of aliphatic hydroxyl groups excluding tert-OH is 1. The van der Waals surface area contributed by atoms with Crippen molar-refractivity contribution in [2.75, 3.05) is 19.7 Å². The monoisotopic (exact) mass is 298 g/mol. The van der Waals surface area contributed by atoms with Gasteiger partial charge in [0.25, 0.3) is 5.91 Å². The molecule has 2 amide bonds. The van der Waals surface area contributed by atoms with Gasteiger partial charge in [0, 0.05) is 18.0 Å². The van der Waals surface area contributed by atoms with E-state index in [-0.39, 0.29) is 30.9 Å². The van der Waals surface area contributed by atoms with Gasteiger partial charge in [-0.15, -0.1) is 11.3 Å². The van der Waals surface area contributed by atoms with Crippen LogP contribution in [0.25, 0.3) is 0 Å². The molecule has 0 aliphatic rings. The number of aliphatic hydroxyl groups is 1. The van der Waals surface area contributed by atoms with Crippen molar-refractivity contribution >= 4 is 23.2 Å². The summed E-state index contributed by atoms with van der Waals surface area (Å²) in [6.45, 7) is 4.59. The normalized spacial score (nSPS) is 11.9. The molecule has 3 N–H and O–H groups in total. The molecular weight excluding hydrogens is 276 g/mol. The van der Waals surface area contributed by atoms with Crippen LogP contribution in [0.3, 0.4) is 0 Å². The van der Waals surface area contributed by atoms with E-state index in [1.54, 1.807) is 6.07 Å². The molecule has 1 unspecified atom stereocenters. The molecule has 20 heavy (non-hydrogen) atoms. The topological polar surface area (TPSA) is 78.4 Å². The maximum Gasteiger partial charge on any atom is 0.261 e. The Morgan fingerprint density at radius 1 is 1.35 bits per heavy atom. The molecule has 1 heterocycles. The Kier molecular flexibility index (Phi) is 7.25. The minimum atomic E-state index is -0.222. The Morgan fingerprint density at radius 2 is 2.10 bits per heavy atom. The summed E-state index contributed by atoms with van der Waals surface area (Å²) in [6, 6.07) is 3.63. The lowest BCUT2D eigenvalue weighted by Crippen LogP contribution is -2.38. The van der Waals surface area contributed by atoms with E-state index in [4.69, 9.17) is 5.11 Å². The lowest BCUT2D eigenvalue weighted by atomic mass is 10.0. The van der Waals surface area contributed by atoms with Gasteiger partial charge in [-0.05, 0) is 31.4 Å². The first-order chi connectivity index (χ1) is 9.56. The zero-order valence-electron chi connectivity index (χ0n) is 11.9. The minimum absolute atomic E-state index is 0.0225. The largest absolute Gasteiger partial charge is 0.396 e. The predicted molar refractivity (Wildman–Crippen MR) is 79.9 cm³/mol. The third-order valence-electron chi connectivity index (χ3n) is 3.08. The highest BCUT2D eigenvalue weighted by Gasteiger charge is 2.11. The van der Waals surface area contributed by atoms with Crippen LogP contribution in [0.5, 0.6) is 0 Å². The van der Waals surface area contributed by atoms with Crippen LogP contribution < -0.4 is 10.6 Å². The van der Waals surface area contributed by atoms with Crippen molar-refractivity contribution < 1.29 is 14.7 Å². The van der Waals surface area contributed by atoms with Gasteiger partial charge in [-0.3, -0.25) is 9.59 Å². The van der Waals surface area contributed by atoms with E-state index in [1.165, 1.54) is 11.3 Å². The van der Waals surface area contributed by atoms with E-state index < -0.39 is 0 Å². The van der Waals surface area contributed by atoms with Gasteiger partial charge in [0.15, 0.2) is 0 Å². The van der Waals surface area contributed by atoms with Crippen molar-refractivity contribution in [3.8, 4) is 0 Å². The van der Waals surface area contributed by atoms with Crippen molar-refractivity contribution in [2.45, 2.75) is 26.7 Å². The molecule has 1 aromatic rings. The number of rotatable bonds is 8. The van der Waals surface area contributed by atoms with Crippen LogP contribution in [0.1, 0.15) is 34.3 Å². The number of carbonyl (C=O) groups excluding carboxylic acids is 2. The van der Waals surface area contributed by atoms with Crippen LogP contribution in [0.15, 0.2) is 12.1 Å². The van der Waals surface area contributed by atoms with Crippen molar-refractivity contribution in [1.29, 1.82) is 0 Å². The highest BCUT2D eigenvalue weighted by molar-refractivity contribution is 7.13. The van der Waals surface area contributed by atoms with E-state index >= 15 is 0 Å². The lowest BCUT2D eigenvalue weighted by molar-refractivity contribution is -0.120. The van der Waals surface area contributed by atoms with E-state index in [0.29, 0.717) is 17.8 Å². The highest BCUT2D eigenvalue weighted by atomic mass is 32.1. The first kappa shape index (κ1) is 16.7. The number of aryl methyl sites for hydroxylation is 1. The second-order valence-corrected chi connectivity index (χ2v) is 5.97. The average Bonchev–Trinajstić information content (AvgIpc) is 2.87. The molecule has 6 heteroatoms. The summed E-state index contributed by atoms with van der Waals surface area (Å²) < 4.78 is 0. The summed E-state index contributed by atoms with van der Waals surface area (Å²) in [5, 5.41) is 14.2. The van der Waals surface area contributed by atoms with Crippen LogP contribution in [0.2, 0.25) is 0 Å². The summed E-state index contributed by atoms with van der Waals surface area (Å²) in [7, 11) is 0. The fourth-order valence-electron chi connectivity index (χ4n) is 1.76. The first-order valence-electron chi connectivity index (χ1n) is 6.79. The van der Waals surface area contributed by atoms with Crippen molar-refractivity contribution in [3.63, 3.8) is 0 Å². The molecule has 0 radical (unpaired) electrons. The lowest BCUT2D eigenvalue weighted by Gasteiger charge is -2.14. The third kappa shape index (κ3) is 5.71. The van der Waals surface area contributed by atoms with Crippen molar-refractivity contribution in [2.24, 2.45) is 5.92 Å². The van der Waals surface area contributed by atoms with Gasteiger partial charge in [0.1, 0.15) is 0 Å². The van der Waals surface area contributed by atoms with Crippen LogP contribution in [-0.2, 0) is 4.79 Å². The van der Waals surface area contributed by atoms with E-state index in [2.05, 4.69) is 10.6 Å². The molecule has 1 aromatic heterocycles. The summed E-state index contributed by atoms with van der Waals surface area (Å²) in [5.41, 5.74) is 0. The molecule has 1 rings (SSSR count). The number of thiophene rings is 1. The Bertz CT molecular complexity index is 445. The van der Waals surface area contributed by atoms with E-state index in [0.717, 1.165) is 11.3 Å². The summed E-state index contributed by atoms with van der Waals surface area (Å²) in [4.78, 5) is 25.0. The van der Waals surface area contributed by atoms with Gasteiger partial charge in [-0.2, -0.15) is 0 Å². The smallest absolute Gasteiger partial charge is 0.261 e. The number of amides is 2. The standard InChI is InChI=1S/C14H22N2O3S/c1-3-11(6-7-17)8-15-13(18)9-16-14(19)12-5-4-10(2)20-12/h4-5,11,17H,3,6-9H2,1-2H3,(H,15,18)(H,16,19). The highest BCUT2D eigenvalue weighted by Crippen LogP contribution is 2.14. The van der Waals surface area contributed by atoms with E-state index in [9.17, 15) is 9.59 Å². The Labute approximate surface area is 123 Å². The van der Waals surface area contributed by atoms with Crippen molar-refractivity contribution in [3.05, 3.63) is 21.9 Å². The fraction of sp³-hybridized carbons (Fsp3) is 0.571. The van der Waals surface area contributed by atoms with Gasteiger partial charge in [0.05, 0.1) is 11.4 Å². The Balaban J connectivity index is 2.27. The molecule has 0 bridgehead atoms. The van der Waals surface area contributed by atoms with Crippen LogP contribution in [-0.4, -0.2) is 36.6 Å². The number of carbonyl (C=O) groups is 2. The molecule has 0 saturated heterocycles. The average molecular weight is 298 g/mol. The predicted octanol–water partition coefficient (Wildman–Crippen LogP) is 1.31. The maximum atomic E-state index is 11.7.